The molecule has 1 N–H and O–H groups in total. The van der Waals surface area contributed by atoms with Crippen LogP contribution in [0.15, 0.2) is 6.20 Å². The topological polar surface area (TPSA) is 34.1 Å². The zero-order chi connectivity index (χ0) is 10.4. The Labute approximate surface area is 93.4 Å². The molecule has 0 aromatic carbocycles. The first-order valence-corrected chi connectivity index (χ1v) is 5.71. The lowest BCUT2D eigenvalue weighted by molar-refractivity contribution is 0.158. The minimum Gasteiger partial charge on any atom is -0.384 e. The van der Waals surface area contributed by atoms with Crippen LogP contribution in [-0.4, -0.2) is 25.2 Å². The van der Waals surface area contributed by atoms with Crippen molar-refractivity contribution < 1.29 is 4.74 Å². The van der Waals surface area contributed by atoms with Gasteiger partial charge in [0.2, 0.25) is 0 Å². The Morgan fingerprint density at radius 1 is 1.71 bits per heavy atom. The van der Waals surface area contributed by atoms with Gasteiger partial charge in [-0.3, -0.25) is 0 Å². The Bertz CT molecular complexity index is 267. The van der Waals surface area contributed by atoms with Gasteiger partial charge in [0, 0.05) is 26.8 Å². The summed E-state index contributed by atoms with van der Waals surface area (Å²) in [7, 11) is 1.72. The van der Waals surface area contributed by atoms with Crippen molar-refractivity contribution in [1.29, 1.82) is 0 Å². The fraction of sp³-hybridized carbons (Fsp3) is 0.667. The molecule has 0 aliphatic heterocycles. The van der Waals surface area contributed by atoms with E-state index in [2.05, 4.69) is 17.2 Å². The quantitative estimate of drug-likeness (QED) is 0.819. The standard InChI is InChI=1S/C9H15ClN2OS/c1-7(6-13-2)3-11-5-9-12-4-8(10)14-9/h4,7,11H,3,5-6H2,1-2H3. The molecule has 14 heavy (non-hydrogen) atoms. The molecule has 1 aromatic rings. The van der Waals surface area contributed by atoms with Gasteiger partial charge in [0.05, 0.1) is 6.20 Å². The maximum Gasteiger partial charge on any atom is 0.113 e. The first-order valence-electron chi connectivity index (χ1n) is 4.52. The van der Waals surface area contributed by atoms with E-state index in [1.165, 1.54) is 11.3 Å². The SMILES string of the molecule is COCC(C)CNCc1ncc(Cl)s1. The van der Waals surface area contributed by atoms with Crippen LogP contribution in [0.1, 0.15) is 11.9 Å². The number of nitrogens with zero attached hydrogens (tertiary/aromatic N) is 1. The maximum absolute atomic E-state index is 5.76. The van der Waals surface area contributed by atoms with Crippen LogP contribution in [0.5, 0.6) is 0 Å². The molecule has 0 radical (unpaired) electrons. The summed E-state index contributed by atoms with van der Waals surface area (Å²) in [6.07, 6.45) is 1.68. The van der Waals surface area contributed by atoms with E-state index < -0.39 is 0 Å². The van der Waals surface area contributed by atoms with Crippen LogP contribution in [0.4, 0.5) is 0 Å². The van der Waals surface area contributed by atoms with Crippen molar-refractivity contribution in [2.45, 2.75) is 13.5 Å². The lowest BCUT2D eigenvalue weighted by atomic mass is 10.2. The number of hydrogen-bond acceptors (Lipinski definition) is 4. The highest BCUT2D eigenvalue weighted by molar-refractivity contribution is 7.15. The van der Waals surface area contributed by atoms with E-state index in [0.717, 1.165) is 29.0 Å². The normalized spacial score (nSPS) is 13.1. The third kappa shape index (κ3) is 4.37. The Morgan fingerprint density at radius 3 is 3.07 bits per heavy atom. The number of aromatic nitrogens is 1. The van der Waals surface area contributed by atoms with Gasteiger partial charge >= 0.3 is 0 Å². The first kappa shape index (κ1) is 11.9. The number of ether oxygens (including phenoxy) is 1. The maximum atomic E-state index is 5.76. The summed E-state index contributed by atoms with van der Waals surface area (Å²) in [4.78, 5) is 4.15. The molecule has 1 unspecified atom stereocenters. The summed E-state index contributed by atoms with van der Waals surface area (Å²) in [5, 5.41) is 4.34. The molecule has 0 bridgehead atoms. The number of nitrogens with one attached hydrogen (secondary N) is 1. The van der Waals surface area contributed by atoms with Crippen molar-refractivity contribution in [3.63, 3.8) is 0 Å². The molecule has 0 fully saturated rings. The Hall–Kier alpha value is -0.160. The Kier molecular flexibility index (Phi) is 5.40. The van der Waals surface area contributed by atoms with Crippen LogP contribution < -0.4 is 5.32 Å². The molecule has 0 aliphatic carbocycles. The molecule has 0 saturated heterocycles. The summed E-state index contributed by atoms with van der Waals surface area (Å²) in [6, 6.07) is 0. The van der Waals surface area contributed by atoms with Crippen LogP contribution in [0.2, 0.25) is 4.34 Å². The van der Waals surface area contributed by atoms with Crippen LogP contribution in [0, 0.1) is 5.92 Å². The van der Waals surface area contributed by atoms with Gasteiger partial charge < -0.3 is 10.1 Å². The molecular weight excluding hydrogens is 220 g/mol. The van der Waals surface area contributed by atoms with Crippen molar-refractivity contribution in [3.05, 3.63) is 15.5 Å². The zero-order valence-electron chi connectivity index (χ0n) is 8.42. The number of hydrogen-bond donors (Lipinski definition) is 1. The number of halogens is 1. The second kappa shape index (κ2) is 6.35. The third-order valence-electron chi connectivity index (χ3n) is 1.75. The minimum absolute atomic E-state index is 0.524. The second-order valence-corrected chi connectivity index (χ2v) is 5.00. The van der Waals surface area contributed by atoms with E-state index in [0.29, 0.717) is 5.92 Å². The molecule has 1 atom stereocenters. The minimum atomic E-state index is 0.524. The Morgan fingerprint density at radius 2 is 2.50 bits per heavy atom. The highest BCUT2D eigenvalue weighted by atomic mass is 35.5. The van der Waals surface area contributed by atoms with Gasteiger partial charge in [-0.25, -0.2) is 4.98 Å². The van der Waals surface area contributed by atoms with Crippen LogP contribution >= 0.6 is 22.9 Å². The molecule has 0 saturated carbocycles. The Balaban J connectivity index is 2.15. The zero-order valence-corrected chi connectivity index (χ0v) is 9.99. The molecular formula is C9H15ClN2OS. The van der Waals surface area contributed by atoms with Gasteiger partial charge in [0.15, 0.2) is 0 Å². The molecule has 80 valence electrons. The third-order valence-corrected chi connectivity index (χ3v) is 2.86. The lowest BCUT2D eigenvalue weighted by Crippen LogP contribution is -2.23. The average Bonchev–Trinajstić information content (AvgIpc) is 2.52. The fourth-order valence-corrected chi connectivity index (χ4v) is 2.06. The molecule has 1 aromatic heterocycles. The monoisotopic (exact) mass is 234 g/mol. The van der Waals surface area contributed by atoms with E-state index in [-0.39, 0.29) is 0 Å². The van der Waals surface area contributed by atoms with Crippen LogP contribution in [-0.2, 0) is 11.3 Å². The predicted octanol–water partition coefficient (Wildman–Crippen LogP) is 2.17. The molecule has 3 nitrogen and oxygen atoms in total. The van der Waals surface area contributed by atoms with Gasteiger partial charge in [-0.1, -0.05) is 18.5 Å². The molecule has 0 aliphatic rings. The number of rotatable bonds is 6. The van der Waals surface area contributed by atoms with Gasteiger partial charge in [0.25, 0.3) is 0 Å². The molecule has 1 rings (SSSR count). The molecule has 1 heterocycles. The van der Waals surface area contributed by atoms with E-state index in [9.17, 15) is 0 Å². The first-order chi connectivity index (χ1) is 6.72. The molecule has 0 amide bonds. The second-order valence-electron chi connectivity index (χ2n) is 3.25. The summed E-state index contributed by atoms with van der Waals surface area (Å²) < 4.78 is 5.78. The van der Waals surface area contributed by atoms with Crippen LogP contribution in [0.25, 0.3) is 0 Å². The van der Waals surface area contributed by atoms with Crippen LogP contribution in [0.3, 0.4) is 0 Å². The summed E-state index contributed by atoms with van der Waals surface area (Å²) in [5.74, 6) is 0.524. The van der Waals surface area contributed by atoms with Crippen molar-refractivity contribution in [1.82, 2.24) is 10.3 Å². The van der Waals surface area contributed by atoms with Crippen molar-refractivity contribution in [2.24, 2.45) is 5.92 Å². The smallest absolute Gasteiger partial charge is 0.113 e. The average molecular weight is 235 g/mol. The van der Waals surface area contributed by atoms with Crippen molar-refractivity contribution in [3.8, 4) is 0 Å². The number of thiazole rings is 1. The fourth-order valence-electron chi connectivity index (χ4n) is 1.14. The highest BCUT2D eigenvalue weighted by Gasteiger charge is 2.02. The lowest BCUT2D eigenvalue weighted by Gasteiger charge is -2.09. The van der Waals surface area contributed by atoms with E-state index in [4.69, 9.17) is 16.3 Å². The number of methoxy groups -OCH3 is 1. The van der Waals surface area contributed by atoms with Gasteiger partial charge in [-0.05, 0) is 5.92 Å². The molecule has 5 heteroatoms. The van der Waals surface area contributed by atoms with E-state index in [1.54, 1.807) is 13.3 Å². The van der Waals surface area contributed by atoms with E-state index in [1.807, 2.05) is 0 Å². The largest absolute Gasteiger partial charge is 0.384 e. The summed E-state index contributed by atoms with van der Waals surface area (Å²) in [5.41, 5.74) is 0. The highest BCUT2D eigenvalue weighted by Crippen LogP contribution is 2.17. The summed E-state index contributed by atoms with van der Waals surface area (Å²) in [6.45, 7) is 4.65. The molecule has 0 spiro atoms. The van der Waals surface area contributed by atoms with Gasteiger partial charge in [0.1, 0.15) is 9.34 Å². The predicted molar refractivity (Wildman–Crippen MR) is 59.9 cm³/mol. The van der Waals surface area contributed by atoms with Gasteiger partial charge in [-0.2, -0.15) is 0 Å². The summed E-state index contributed by atoms with van der Waals surface area (Å²) >= 11 is 7.27. The van der Waals surface area contributed by atoms with E-state index >= 15 is 0 Å². The van der Waals surface area contributed by atoms with Gasteiger partial charge in [-0.15, -0.1) is 11.3 Å². The van der Waals surface area contributed by atoms with Crippen molar-refractivity contribution >= 4 is 22.9 Å². The van der Waals surface area contributed by atoms with Crippen molar-refractivity contribution in [2.75, 3.05) is 20.3 Å².